The largest absolute Gasteiger partial charge is 0.434 e. The van der Waals surface area contributed by atoms with Crippen molar-refractivity contribution in [1.82, 2.24) is 4.98 Å². The van der Waals surface area contributed by atoms with E-state index in [1.807, 2.05) is 6.92 Å². The van der Waals surface area contributed by atoms with Crippen LogP contribution in [0.4, 0.5) is 18.3 Å². The van der Waals surface area contributed by atoms with Crippen LogP contribution < -0.4 is 5.32 Å². The lowest BCUT2D eigenvalue weighted by molar-refractivity contribution is -0.140. The van der Waals surface area contributed by atoms with Crippen LogP contribution in [0, 0.1) is 0 Å². The molecule has 16 heavy (non-hydrogen) atoms. The highest BCUT2D eigenvalue weighted by molar-refractivity contribution is 7.13. The minimum Gasteiger partial charge on any atom is -0.302 e. The second-order valence-electron chi connectivity index (χ2n) is 3.19. The number of aromatic nitrogens is 1. The number of hydrogen-bond acceptors (Lipinski definition) is 3. The number of nitrogens with one attached hydrogen (secondary N) is 1. The molecule has 1 rings (SSSR count). The van der Waals surface area contributed by atoms with Crippen LogP contribution in [-0.4, -0.2) is 10.9 Å². The Hall–Kier alpha value is -1.11. The molecule has 0 saturated heterocycles. The summed E-state index contributed by atoms with van der Waals surface area (Å²) in [6, 6.07) is 0. The van der Waals surface area contributed by atoms with Crippen molar-refractivity contribution in [2.45, 2.75) is 32.4 Å². The first kappa shape index (κ1) is 13.0. The first-order valence-corrected chi connectivity index (χ1v) is 5.64. The van der Waals surface area contributed by atoms with Crippen molar-refractivity contribution in [2.75, 3.05) is 5.32 Å². The molecule has 1 heterocycles. The first-order valence-electron chi connectivity index (χ1n) is 4.76. The summed E-state index contributed by atoms with van der Waals surface area (Å²) in [6.07, 6.45) is -2.58. The van der Waals surface area contributed by atoms with Crippen molar-refractivity contribution < 1.29 is 18.0 Å². The van der Waals surface area contributed by atoms with E-state index in [-0.39, 0.29) is 11.0 Å². The van der Waals surface area contributed by atoms with E-state index >= 15 is 0 Å². The number of hydrogen-bond donors (Lipinski definition) is 1. The van der Waals surface area contributed by atoms with E-state index in [1.165, 1.54) is 0 Å². The quantitative estimate of drug-likeness (QED) is 0.893. The number of nitrogens with zero attached hydrogens (tertiary/aromatic N) is 1. The van der Waals surface area contributed by atoms with E-state index in [2.05, 4.69) is 10.3 Å². The third-order valence-electron chi connectivity index (χ3n) is 1.80. The van der Waals surface area contributed by atoms with E-state index in [1.54, 1.807) is 0 Å². The number of alkyl halides is 3. The third kappa shape index (κ3) is 3.80. The van der Waals surface area contributed by atoms with Crippen LogP contribution >= 0.6 is 11.3 Å². The SMILES string of the molecule is CCCCC(=O)Nc1nc(C(F)(F)F)cs1. The standard InChI is InChI=1S/C9H11F3N2OS/c1-2-3-4-7(15)14-8-13-6(5-16-8)9(10,11)12/h5H,2-4H2,1H3,(H,13,14,15). The van der Waals surface area contributed by atoms with Gasteiger partial charge in [-0.3, -0.25) is 4.79 Å². The fraction of sp³-hybridized carbons (Fsp3) is 0.556. The summed E-state index contributed by atoms with van der Waals surface area (Å²) < 4.78 is 36.5. The Kier molecular flexibility index (Phi) is 4.28. The average molecular weight is 252 g/mol. The van der Waals surface area contributed by atoms with Gasteiger partial charge in [-0.05, 0) is 6.42 Å². The number of amides is 1. The van der Waals surface area contributed by atoms with Crippen molar-refractivity contribution >= 4 is 22.4 Å². The predicted molar refractivity (Wildman–Crippen MR) is 55.3 cm³/mol. The molecule has 1 N–H and O–H groups in total. The van der Waals surface area contributed by atoms with Gasteiger partial charge in [0.25, 0.3) is 0 Å². The highest BCUT2D eigenvalue weighted by Crippen LogP contribution is 2.31. The van der Waals surface area contributed by atoms with E-state index in [0.29, 0.717) is 12.8 Å². The van der Waals surface area contributed by atoms with Crippen LogP contribution in [0.1, 0.15) is 31.9 Å². The zero-order valence-corrected chi connectivity index (χ0v) is 9.41. The monoisotopic (exact) mass is 252 g/mol. The normalized spacial score (nSPS) is 11.5. The number of thiazole rings is 1. The third-order valence-corrected chi connectivity index (χ3v) is 2.56. The van der Waals surface area contributed by atoms with Gasteiger partial charge < -0.3 is 5.32 Å². The summed E-state index contributed by atoms with van der Waals surface area (Å²) in [6.45, 7) is 1.93. The molecule has 0 atom stereocenters. The molecule has 0 fully saturated rings. The van der Waals surface area contributed by atoms with Gasteiger partial charge in [0, 0.05) is 11.8 Å². The second-order valence-corrected chi connectivity index (χ2v) is 4.05. The molecule has 7 heteroatoms. The lowest BCUT2D eigenvalue weighted by atomic mass is 10.2. The maximum absolute atomic E-state index is 12.2. The number of carbonyl (C=O) groups excluding carboxylic acids is 1. The number of anilines is 1. The van der Waals surface area contributed by atoms with Gasteiger partial charge in [-0.1, -0.05) is 13.3 Å². The van der Waals surface area contributed by atoms with E-state index < -0.39 is 11.9 Å². The van der Waals surface area contributed by atoms with Crippen molar-refractivity contribution in [3.05, 3.63) is 11.1 Å². The van der Waals surface area contributed by atoms with Gasteiger partial charge in [0.2, 0.25) is 5.91 Å². The number of carbonyl (C=O) groups is 1. The highest BCUT2D eigenvalue weighted by Gasteiger charge is 2.33. The highest BCUT2D eigenvalue weighted by atomic mass is 32.1. The Morgan fingerprint density at radius 2 is 2.25 bits per heavy atom. The van der Waals surface area contributed by atoms with Crippen molar-refractivity contribution in [1.29, 1.82) is 0 Å². The molecule has 3 nitrogen and oxygen atoms in total. The molecule has 0 bridgehead atoms. The van der Waals surface area contributed by atoms with Crippen LogP contribution in [0.2, 0.25) is 0 Å². The van der Waals surface area contributed by atoms with Crippen molar-refractivity contribution in [3.63, 3.8) is 0 Å². The second kappa shape index (κ2) is 5.29. The molecule has 0 unspecified atom stereocenters. The van der Waals surface area contributed by atoms with Crippen LogP contribution in [0.15, 0.2) is 5.38 Å². The van der Waals surface area contributed by atoms with Crippen LogP contribution in [-0.2, 0) is 11.0 Å². The maximum atomic E-state index is 12.2. The molecule has 0 aliphatic carbocycles. The van der Waals surface area contributed by atoms with Crippen LogP contribution in [0.25, 0.3) is 0 Å². The summed E-state index contributed by atoms with van der Waals surface area (Å²) in [5.41, 5.74) is -0.969. The Morgan fingerprint density at radius 3 is 2.75 bits per heavy atom. The summed E-state index contributed by atoms with van der Waals surface area (Å²) >= 11 is 0.775. The molecule has 0 spiro atoms. The number of unbranched alkanes of at least 4 members (excludes halogenated alkanes) is 1. The average Bonchev–Trinajstić information content (AvgIpc) is 2.62. The summed E-state index contributed by atoms with van der Waals surface area (Å²) in [5, 5.41) is 3.22. The first-order chi connectivity index (χ1) is 7.43. The van der Waals surface area contributed by atoms with Crippen molar-refractivity contribution in [3.8, 4) is 0 Å². The van der Waals surface area contributed by atoms with Gasteiger partial charge in [0.15, 0.2) is 10.8 Å². The van der Waals surface area contributed by atoms with Crippen LogP contribution in [0.5, 0.6) is 0 Å². The minimum absolute atomic E-state index is 0.00609. The predicted octanol–water partition coefficient (Wildman–Crippen LogP) is 3.29. The zero-order valence-electron chi connectivity index (χ0n) is 8.60. The van der Waals surface area contributed by atoms with Crippen LogP contribution in [0.3, 0.4) is 0 Å². The molecule has 0 aliphatic heterocycles. The topological polar surface area (TPSA) is 42.0 Å². The van der Waals surface area contributed by atoms with Gasteiger partial charge in [0.1, 0.15) is 0 Å². The molecule has 0 saturated carbocycles. The lowest BCUT2D eigenvalue weighted by Gasteiger charge is -2.01. The van der Waals surface area contributed by atoms with Crippen molar-refractivity contribution in [2.24, 2.45) is 0 Å². The molecule has 1 aromatic rings. The number of halogens is 3. The molecule has 1 amide bonds. The number of rotatable bonds is 4. The smallest absolute Gasteiger partial charge is 0.302 e. The Labute approximate surface area is 94.7 Å². The van der Waals surface area contributed by atoms with E-state index in [4.69, 9.17) is 0 Å². The molecule has 0 radical (unpaired) electrons. The minimum atomic E-state index is -4.46. The molecule has 0 aromatic carbocycles. The molecular formula is C9H11F3N2OS. The van der Waals surface area contributed by atoms with Gasteiger partial charge in [-0.2, -0.15) is 13.2 Å². The van der Waals surface area contributed by atoms with E-state index in [0.717, 1.165) is 23.1 Å². The Balaban J connectivity index is 2.56. The molecular weight excluding hydrogens is 241 g/mol. The van der Waals surface area contributed by atoms with Gasteiger partial charge >= 0.3 is 6.18 Å². The van der Waals surface area contributed by atoms with E-state index in [9.17, 15) is 18.0 Å². The fourth-order valence-corrected chi connectivity index (χ4v) is 1.71. The van der Waals surface area contributed by atoms with Gasteiger partial charge in [-0.25, -0.2) is 4.98 Å². The summed E-state index contributed by atoms with van der Waals surface area (Å²) in [4.78, 5) is 14.5. The van der Waals surface area contributed by atoms with Gasteiger partial charge in [0.05, 0.1) is 0 Å². The summed E-state index contributed by atoms with van der Waals surface area (Å²) in [5.74, 6) is -0.301. The fourth-order valence-electron chi connectivity index (χ4n) is 0.980. The zero-order chi connectivity index (χ0) is 12.2. The molecule has 0 aliphatic rings. The summed E-state index contributed by atoms with van der Waals surface area (Å²) in [7, 11) is 0. The van der Waals surface area contributed by atoms with Gasteiger partial charge in [-0.15, -0.1) is 11.3 Å². The Bertz CT molecular complexity index is 362. The lowest BCUT2D eigenvalue weighted by Crippen LogP contribution is -2.11. The maximum Gasteiger partial charge on any atom is 0.434 e. The Morgan fingerprint density at radius 1 is 1.56 bits per heavy atom. The molecule has 90 valence electrons. The molecule has 1 aromatic heterocycles.